The van der Waals surface area contributed by atoms with Crippen LogP contribution in [0.15, 0.2) is 11.7 Å². The van der Waals surface area contributed by atoms with Crippen LogP contribution in [-0.4, -0.2) is 42.6 Å². The molecule has 0 aromatic heterocycles. The van der Waals surface area contributed by atoms with Crippen LogP contribution in [-0.2, 0) is 4.74 Å². The second kappa shape index (κ2) is 6.70. The van der Waals surface area contributed by atoms with E-state index in [1.807, 2.05) is 0 Å². The zero-order chi connectivity index (χ0) is 19.7. The molecule has 2 nitrogen and oxygen atoms in total. The zero-order valence-electron chi connectivity index (χ0n) is 10.4. The summed E-state index contributed by atoms with van der Waals surface area (Å²) in [5.41, 5.74) is 0. The number of hydrogen-bond acceptors (Lipinski definition) is 2. The Morgan fingerprint density at radius 3 is 1.42 bits per heavy atom. The number of hydrogen-bond donors (Lipinski definition) is 0. The predicted molar refractivity (Wildman–Crippen MR) is 45.0 cm³/mol. The van der Waals surface area contributed by atoms with Gasteiger partial charge in [0.1, 0.15) is 0 Å². The van der Waals surface area contributed by atoms with Gasteiger partial charge in [0.25, 0.3) is 11.7 Å². The molecule has 0 heterocycles. The van der Waals surface area contributed by atoms with Gasteiger partial charge >= 0.3 is 31.1 Å². The van der Waals surface area contributed by atoms with Crippen molar-refractivity contribution in [3.63, 3.8) is 0 Å². The normalized spacial score (nSPS) is 15.5. The van der Waals surface area contributed by atoms with Crippen molar-refractivity contribution in [2.75, 3.05) is 6.61 Å². The molecule has 0 aromatic rings. The van der Waals surface area contributed by atoms with Gasteiger partial charge in [0.2, 0.25) is 0 Å². The van der Waals surface area contributed by atoms with Crippen molar-refractivity contribution in [1.82, 2.24) is 4.90 Å². The molecule has 0 N–H and O–H groups in total. The van der Waals surface area contributed by atoms with Crippen molar-refractivity contribution in [2.24, 2.45) is 0 Å². The third kappa shape index (κ3) is 5.77. The molecule has 0 radical (unpaired) electrons. The van der Waals surface area contributed by atoms with E-state index in [2.05, 4.69) is 4.74 Å². The molecule has 0 saturated carbocycles. The van der Waals surface area contributed by atoms with E-state index in [0.717, 1.165) is 0 Å². The standard InChI is InChI=1S/C8H3F14NO/c9-3(23(7(17,18)19)8(20,21)22)2(6(14,15)16)24-1-5(12,13)4(10)11/h4H,1H2. The van der Waals surface area contributed by atoms with Crippen LogP contribution in [0.4, 0.5) is 61.5 Å². The lowest BCUT2D eigenvalue weighted by atomic mass is 10.3. The molecule has 0 aliphatic heterocycles. The Bertz CT molecular complexity index is 443. The average Bonchev–Trinajstić information content (AvgIpc) is 2.21. The number of ether oxygens (including phenoxy) is 1. The third-order valence-corrected chi connectivity index (χ3v) is 1.88. The van der Waals surface area contributed by atoms with Gasteiger partial charge in [-0.3, -0.25) is 0 Å². The maximum absolute atomic E-state index is 13.1. The smallest absolute Gasteiger partial charge is 0.479 e. The predicted octanol–water partition coefficient (Wildman–Crippen LogP) is 4.95. The summed E-state index contributed by atoms with van der Waals surface area (Å²) in [4.78, 5) is -3.32. The fourth-order valence-electron chi connectivity index (χ4n) is 0.958. The lowest BCUT2D eigenvalue weighted by Gasteiger charge is -2.28. The van der Waals surface area contributed by atoms with E-state index in [-0.39, 0.29) is 0 Å². The highest BCUT2D eigenvalue weighted by molar-refractivity contribution is 5.08. The van der Waals surface area contributed by atoms with Gasteiger partial charge in [-0.1, -0.05) is 0 Å². The second-order valence-electron chi connectivity index (χ2n) is 3.74. The van der Waals surface area contributed by atoms with Gasteiger partial charge in [-0.05, 0) is 0 Å². The lowest BCUT2D eigenvalue weighted by molar-refractivity contribution is -0.367. The second-order valence-corrected chi connectivity index (χ2v) is 3.74. The van der Waals surface area contributed by atoms with Gasteiger partial charge in [-0.25, -0.2) is 8.78 Å². The van der Waals surface area contributed by atoms with Crippen LogP contribution in [0.5, 0.6) is 0 Å². The van der Waals surface area contributed by atoms with E-state index in [0.29, 0.717) is 0 Å². The highest BCUT2D eigenvalue weighted by atomic mass is 19.4. The molecular weight excluding hydrogens is 392 g/mol. The average molecular weight is 395 g/mol. The molecule has 0 bridgehead atoms. The van der Waals surface area contributed by atoms with Gasteiger partial charge in [-0.15, -0.1) is 26.3 Å². The van der Waals surface area contributed by atoms with Crippen LogP contribution in [0.1, 0.15) is 0 Å². The van der Waals surface area contributed by atoms with Crippen LogP contribution in [0.25, 0.3) is 0 Å². The summed E-state index contributed by atoms with van der Waals surface area (Å²) in [6.45, 7) is -3.03. The van der Waals surface area contributed by atoms with E-state index < -0.39 is 54.3 Å². The Balaban J connectivity index is 5.99. The first-order valence-corrected chi connectivity index (χ1v) is 5.01. The van der Waals surface area contributed by atoms with Gasteiger partial charge < -0.3 is 4.74 Å². The van der Waals surface area contributed by atoms with Crippen molar-refractivity contribution in [3.8, 4) is 0 Å². The number of allylic oxidation sites excluding steroid dienone is 1. The molecule has 0 spiro atoms. The Hall–Kier alpha value is -1.64. The van der Waals surface area contributed by atoms with Crippen LogP contribution >= 0.6 is 0 Å². The molecule has 0 saturated heterocycles. The van der Waals surface area contributed by atoms with Crippen LogP contribution in [0.3, 0.4) is 0 Å². The van der Waals surface area contributed by atoms with Crippen molar-refractivity contribution in [1.29, 1.82) is 0 Å². The number of nitrogens with zero attached hydrogens (tertiary/aromatic N) is 1. The maximum Gasteiger partial charge on any atom is 0.493 e. The van der Waals surface area contributed by atoms with Gasteiger partial charge in [0.15, 0.2) is 6.61 Å². The number of halogens is 14. The van der Waals surface area contributed by atoms with Crippen LogP contribution in [0, 0.1) is 0 Å². The SMILES string of the molecule is FC(=C(OCC(F)(F)C(F)F)C(F)(F)F)N(C(F)(F)F)C(F)(F)F. The Morgan fingerprint density at radius 2 is 1.17 bits per heavy atom. The highest BCUT2D eigenvalue weighted by Gasteiger charge is 2.59. The fourth-order valence-corrected chi connectivity index (χ4v) is 0.958. The van der Waals surface area contributed by atoms with Gasteiger partial charge in [0, 0.05) is 0 Å². The fraction of sp³-hybridized carbons (Fsp3) is 0.750. The minimum absolute atomic E-state index is 2.77. The van der Waals surface area contributed by atoms with Crippen molar-refractivity contribution >= 4 is 0 Å². The topological polar surface area (TPSA) is 12.5 Å². The van der Waals surface area contributed by atoms with E-state index in [1.54, 1.807) is 0 Å². The molecule has 0 atom stereocenters. The summed E-state index contributed by atoms with van der Waals surface area (Å²) in [5, 5.41) is 0. The zero-order valence-corrected chi connectivity index (χ0v) is 10.4. The summed E-state index contributed by atoms with van der Waals surface area (Å²) in [5.74, 6) is -13.4. The molecule has 0 aliphatic carbocycles. The summed E-state index contributed by atoms with van der Waals surface area (Å²) >= 11 is 0. The Kier molecular flexibility index (Phi) is 6.24. The first-order valence-electron chi connectivity index (χ1n) is 5.01. The van der Waals surface area contributed by atoms with E-state index >= 15 is 0 Å². The number of alkyl halides is 13. The molecule has 0 unspecified atom stereocenters. The molecule has 0 aliphatic rings. The molecule has 0 fully saturated rings. The first kappa shape index (κ1) is 22.4. The van der Waals surface area contributed by atoms with Crippen molar-refractivity contribution in [3.05, 3.63) is 11.7 Å². The van der Waals surface area contributed by atoms with E-state index in [1.165, 1.54) is 0 Å². The highest BCUT2D eigenvalue weighted by Crippen LogP contribution is 2.42. The van der Waals surface area contributed by atoms with Crippen LogP contribution in [0.2, 0.25) is 0 Å². The molecule has 24 heavy (non-hydrogen) atoms. The molecule has 144 valence electrons. The van der Waals surface area contributed by atoms with Crippen molar-refractivity contribution < 1.29 is 66.2 Å². The summed E-state index contributed by atoms with van der Waals surface area (Å²) in [6, 6.07) is 0. The van der Waals surface area contributed by atoms with Crippen molar-refractivity contribution in [2.45, 2.75) is 31.1 Å². The number of rotatable bonds is 5. The lowest BCUT2D eigenvalue weighted by Crippen LogP contribution is -2.47. The third-order valence-electron chi connectivity index (χ3n) is 1.88. The quantitative estimate of drug-likeness (QED) is 0.371. The van der Waals surface area contributed by atoms with E-state index in [9.17, 15) is 61.5 Å². The molecular formula is C8H3F14NO. The minimum atomic E-state index is -6.80. The van der Waals surface area contributed by atoms with E-state index in [4.69, 9.17) is 0 Å². The van der Waals surface area contributed by atoms with Crippen LogP contribution < -0.4 is 0 Å². The first-order chi connectivity index (χ1) is 10.3. The Labute approximate surface area is 122 Å². The van der Waals surface area contributed by atoms with Gasteiger partial charge in [0.05, 0.1) is 0 Å². The largest absolute Gasteiger partial charge is 0.493 e. The molecule has 0 aromatic carbocycles. The monoisotopic (exact) mass is 395 g/mol. The summed E-state index contributed by atoms with van der Waals surface area (Å²) in [7, 11) is 0. The Morgan fingerprint density at radius 1 is 0.792 bits per heavy atom. The summed E-state index contributed by atoms with van der Waals surface area (Å²) in [6.07, 6.45) is -24.8. The minimum Gasteiger partial charge on any atom is -0.479 e. The summed E-state index contributed by atoms with van der Waals surface area (Å²) < 4.78 is 173. The van der Waals surface area contributed by atoms with Gasteiger partial charge in [-0.2, -0.15) is 31.2 Å². The molecule has 0 rings (SSSR count). The maximum atomic E-state index is 13.1. The molecule has 0 amide bonds. The molecule has 16 heteroatoms.